The zero-order valence-electron chi connectivity index (χ0n) is 14.7. The quantitative estimate of drug-likeness (QED) is 0.397. The van der Waals surface area contributed by atoms with Gasteiger partial charge in [0.2, 0.25) is 0 Å². The number of allylic oxidation sites excluding steroid dienone is 4. The first-order valence-corrected chi connectivity index (χ1v) is 8.68. The average Bonchev–Trinajstić information content (AvgIpc) is 3.44. The van der Waals surface area contributed by atoms with E-state index in [4.69, 9.17) is 0 Å². The van der Waals surface area contributed by atoms with Gasteiger partial charge in [-0.15, -0.1) is 0 Å². The number of fused-ring (bicyclic) bond motifs is 3. The number of hydrogen-bond donors (Lipinski definition) is 2. The van der Waals surface area contributed by atoms with E-state index in [0.717, 1.165) is 17.4 Å². The smallest absolute Gasteiger partial charge is 0.287 e. The van der Waals surface area contributed by atoms with Crippen LogP contribution in [0.15, 0.2) is 54.6 Å². The molecule has 2 N–H and O–H groups in total. The van der Waals surface area contributed by atoms with Gasteiger partial charge in [-0.05, 0) is 18.2 Å². The van der Waals surface area contributed by atoms with Gasteiger partial charge in [-0.3, -0.25) is 20.2 Å². The molecule has 0 amide bonds. The highest BCUT2D eigenvalue weighted by atomic mass is 16.6. The minimum atomic E-state index is -0.671. The topological polar surface area (TPSA) is 144 Å². The van der Waals surface area contributed by atoms with E-state index in [1.807, 2.05) is 36.4 Å². The molecule has 2 aromatic heterocycles. The fourth-order valence-electron chi connectivity index (χ4n) is 3.45. The van der Waals surface area contributed by atoms with Gasteiger partial charge in [-0.1, -0.05) is 24.3 Å². The number of imidazole rings is 2. The maximum Gasteiger partial charge on any atom is 0.287 e. The number of non-ortho nitro benzene ring substituents is 1. The number of benzene rings is 2. The van der Waals surface area contributed by atoms with Crippen molar-refractivity contribution in [3.63, 3.8) is 0 Å². The van der Waals surface area contributed by atoms with Gasteiger partial charge >= 0.3 is 0 Å². The number of rotatable bonds is 4. The summed E-state index contributed by atoms with van der Waals surface area (Å²) in [6.45, 7) is 0. The molecule has 0 spiro atoms. The number of nitro groups is 2. The van der Waals surface area contributed by atoms with Gasteiger partial charge in [-0.2, -0.15) is 0 Å². The number of hydrogen-bond acceptors (Lipinski definition) is 6. The van der Waals surface area contributed by atoms with Crippen LogP contribution in [-0.4, -0.2) is 29.8 Å². The summed E-state index contributed by atoms with van der Waals surface area (Å²) < 4.78 is 0. The Morgan fingerprint density at radius 2 is 1.55 bits per heavy atom. The predicted octanol–water partition coefficient (Wildman–Crippen LogP) is 4.13. The Kier molecular flexibility index (Phi) is 3.53. The van der Waals surface area contributed by atoms with Crippen molar-refractivity contribution >= 4 is 33.4 Å². The van der Waals surface area contributed by atoms with Crippen molar-refractivity contribution in [2.75, 3.05) is 0 Å². The van der Waals surface area contributed by atoms with E-state index in [0.29, 0.717) is 16.6 Å². The molecule has 2 aromatic carbocycles. The SMILES string of the molecule is O=[N+]([O-])c1ccc(-c2nc3c(ccc4[nH]c(C5C=CC=C5)nc43)[nH]2)c([N+](=O)[O-])c1. The summed E-state index contributed by atoms with van der Waals surface area (Å²) in [6.07, 6.45) is 7.94. The Balaban J connectivity index is 1.68. The van der Waals surface area contributed by atoms with Crippen LogP contribution in [0, 0.1) is 20.2 Å². The molecule has 0 saturated heterocycles. The van der Waals surface area contributed by atoms with Crippen molar-refractivity contribution < 1.29 is 9.85 Å². The second kappa shape index (κ2) is 6.09. The fourth-order valence-corrected chi connectivity index (χ4v) is 3.45. The van der Waals surface area contributed by atoms with Crippen LogP contribution in [0.3, 0.4) is 0 Å². The Bertz CT molecular complexity index is 1370. The molecule has 0 unspecified atom stereocenters. The number of nitrogens with zero attached hydrogens (tertiary/aromatic N) is 4. The molecule has 29 heavy (non-hydrogen) atoms. The maximum atomic E-state index is 11.5. The van der Waals surface area contributed by atoms with Crippen molar-refractivity contribution in [1.82, 2.24) is 19.9 Å². The van der Waals surface area contributed by atoms with E-state index in [2.05, 4.69) is 19.9 Å². The van der Waals surface area contributed by atoms with Gasteiger partial charge in [-0.25, -0.2) is 9.97 Å². The lowest BCUT2D eigenvalue weighted by atomic mass is 10.1. The number of aromatic amines is 2. The van der Waals surface area contributed by atoms with Crippen LogP contribution < -0.4 is 0 Å². The molecular formula is C19H12N6O4. The minimum absolute atomic E-state index is 0.0617. The number of H-pyrrole nitrogens is 2. The molecule has 1 aliphatic carbocycles. The maximum absolute atomic E-state index is 11.5. The number of nitrogens with one attached hydrogen (secondary N) is 2. The van der Waals surface area contributed by atoms with E-state index in [1.54, 1.807) is 0 Å². The summed E-state index contributed by atoms with van der Waals surface area (Å²) in [5.41, 5.74) is 2.11. The standard InChI is InChI=1S/C19H12N6O4/c26-24(27)11-5-6-12(15(9-11)25(28)29)19-21-14-8-7-13-16(17(14)23-19)22-18(20-13)10-3-1-2-4-10/h1-10H,(H,20,22)(H,21,23). The first-order valence-electron chi connectivity index (χ1n) is 8.68. The molecule has 0 fully saturated rings. The second-order valence-electron chi connectivity index (χ2n) is 6.58. The van der Waals surface area contributed by atoms with Crippen LogP contribution in [0.2, 0.25) is 0 Å². The molecule has 0 atom stereocenters. The molecule has 10 nitrogen and oxygen atoms in total. The molecule has 10 heteroatoms. The fraction of sp³-hybridized carbons (Fsp3) is 0.0526. The molecule has 0 saturated carbocycles. The van der Waals surface area contributed by atoms with Gasteiger partial charge in [0.15, 0.2) is 0 Å². The van der Waals surface area contributed by atoms with Crippen molar-refractivity contribution in [1.29, 1.82) is 0 Å². The molecule has 1 aliphatic rings. The Labute approximate surface area is 161 Å². The molecule has 4 aromatic rings. The normalized spacial score (nSPS) is 13.7. The van der Waals surface area contributed by atoms with Gasteiger partial charge in [0.05, 0.1) is 38.4 Å². The van der Waals surface area contributed by atoms with Crippen molar-refractivity contribution in [3.8, 4) is 11.4 Å². The third kappa shape index (κ3) is 2.65. The van der Waals surface area contributed by atoms with Gasteiger partial charge in [0, 0.05) is 6.07 Å². The molecule has 0 radical (unpaired) electrons. The predicted molar refractivity (Wildman–Crippen MR) is 106 cm³/mol. The summed E-state index contributed by atoms with van der Waals surface area (Å²) in [6, 6.07) is 7.16. The first kappa shape index (κ1) is 16.8. The van der Waals surface area contributed by atoms with Crippen LogP contribution in [0.4, 0.5) is 11.4 Å². The zero-order chi connectivity index (χ0) is 20.1. The van der Waals surface area contributed by atoms with E-state index in [1.165, 1.54) is 12.1 Å². The lowest BCUT2D eigenvalue weighted by Gasteiger charge is -1.99. The summed E-state index contributed by atoms with van der Waals surface area (Å²) in [5.74, 6) is 1.09. The third-order valence-electron chi connectivity index (χ3n) is 4.83. The highest BCUT2D eigenvalue weighted by molar-refractivity contribution is 6.01. The van der Waals surface area contributed by atoms with Crippen molar-refractivity contribution in [2.24, 2.45) is 0 Å². The van der Waals surface area contributed by atoms with Crippen LogP contribution in [0.25, 0.3) is 33.5 Å². The van der Waals surface area contributed by atoms with Crippen molar-refractivity contribution in [2.45, 2.75) is 5.92 Å². The largest absolute Gasteiger partial charge is 0.341 e. The van der Waals surface area contributed by atoms with E-state index in [-0.39, 0.29) is 23.0 Å². The lowest BCUT2D eigenvalue weighted by molar-refractivity contribution is -0.393. The van der Waals surface area contributed by atoms with Crippen LogP contribution in [-0.2, 0) is 0 Å². The third-order valence-corrected chi connectivity index (χ3v) is 4.83. The lowest BCUT2D eigenvalue weighted by Crippen LogP contribution is -1.96. The molecule has 142 valence electrons. The highest BCUT2D eigenvalue weighted by Crippen LogP contribution is 2.34. The van der Waals surface area contributed by atoms with Gasteiger partial charge < -0.3 is 9.97 Å². The summed E-state index contributed by atoms with van der Waals surface area (Å²) in [4.78, 5) is 36.6. The zero-order valence-corrected chi connectivity index (χ0v) is 14.7. The summed E-state index contributed by atoms with van der Waals surface area (Å²) in [5, 5.41) is 22.4. The Morgan fingerprint density at radius 3 is 2.24 bits per heavy atom. The summed E-state index contributed by atoms with van der Waals surface area (Å²) >= 11 is 0. The summed E-state index contributed by atoms with van der Waals surface area (Å²) in [7, 11) is 0. The monoisotopic (exact) mass is 388 g/mol. The second-order valence-corrected chi connectivity index (χ2v) is 6.58. The molecule has 5 rings (SSSR count). The average molecular weight is 388 g/mol. The van der Waals surface area contributed by atoms with Crippen LogP contribution in [0.5, 0.6) is 0 Å². The van der Waals surface area contributed by atoms with Gasteiger partial charge in [0.1, 0.15) is 22.7 Å². The number of nitro benzene ring substituents is 2. The van der Waals surface area contributed by atoms with Crippen LogP contribution in [0.1, 0.15) is 11.7 Å². The molecule has 2 heterocycles. The highest BCUT2D eigenvalue weighted by Gasteiger charge is 2.23. The molecule has 0 bridgehead atoms. The minimum Gasteiger partial charge on any atom is -0.341 e. The Hall–Kier alpha value is -4.34. The molecule has 0 aliphatic heterocycles. The molecular weight excluding hydrogens is 376 g/mol. The van der Waals surface area contributed by atoms with E-state index in [9.17, 15) is 20.2 Å². The van der Waals surface area contributed by atoms with Crippen LogP contribution >= 0.6 is 0 Å². The first-order chi connectivity index (χ1) is 14.0. The van der Waals surface area contributed by atoms with Gasteiger partial charge in [0.25, 0.3) is 11.4 Å². The van der Waals surface area contributed by atoms with E-state index < -0.39 is 15.5 Å². The van der Waals surface area contributed by atoms with Crippen molar-refractivity contribution in [3.05, 3.63) is 80.7 Å². The van der Waals surface area contributed by atoms with E-state index >= 15 is 0 Å². The number of aromatic nitrogens is 4. The Morgan fingerprint density at radius 1 is 0.862 bits per heavy atom.